The Balaban J connectivity index is 1.97. The summed E-state index contributed by atoms with van der Waals surface area (Å²) >= 11 is 0. The Bertz CT molecular complexity index is 648. The molecule has 0 aliphatic heterocycles. The number of aryl methyl sites for hydroxylation is 4. The fourth-order valence-electron chi connectivity index (χ4n) is 5.26. The van der Waals surface area contributed by atoms with Gasteiger partial charge < -0.3 is 0 Å². The molecule has 0 fully saturated rings. The molecule has 0 heteroatoms. The maximum Gasteiger partial charge on any atom is -0.0108 e. The first kappa shape index (κ1) is 8.74. The molecule has 0 unspecified atom stereocenters. The van der Waals surface area contributed by atoms with Crippen molar-refractivity contribution < 1.29 is 0 Å². The lowest BCUT2D eigenvalue weighted by Crippen LogP contribution is -2.16. The summed E-state index contributed by atoms with van der Waals surface area (Å²) in [7, 11) is 0. The lowest BCUT2D eigenvalue weighted by atomic mass is 9.75. The normalized spacial score (nSPS) is 20.7. The summed E-state index contributed by atoms with van der Waals surface area (Å²) in [5, 5.41) is 3.52. The van der Waals surface area contributed by atoms with Gasteiger partial charge >= 0.3 is 0 Å². The van der Waals surface area contributed by atoms with Crippen molar-refractivity contribution in [3.63, 3.8) is 0 Å². The number of hydrogen-bond acceptors (Lipinski definition) is 0. The highest BCUT2D eigenvalue weighted by Gasteiger charge is 2.36. The maximum atomic E-state index is 1.78. The van der Waals surface area contributed by atoms with Crippen LogP contribution in [0, 0.1) is 0 Å². The van der Waals surface area contributed by atoms with Gasteiger partial charge in [-0.05, 0) is 107 Å². The van der Waals surface area contributed by atoms with Gasteiger partial charge in [0.2, 0.25) is 0 Å². The molecule has 2 aromatic carbocycles. The highest BCUT2D eigenvalue weighted by Crippen LogP contribution is 2.51. The SMILES string of the molecule is C1Cc2c1c1c3c(c4c(c5c3c2CC5)CC4)CC1. The van der Waals surface area contributed by atoms with Crippen molar-refractivity contribution >= 4 is 10.8 Å². The third kappa shape index (κ3) is 0.702. The van der Waals surface area contributed by atoms with Crippen LogP contribution < -0.4 is 0 Å². The summed E-state index contributed by atoms with van der Waals surface area (Å²) in [4.78, 5) is 0. The van der Waals surface area contributed by atoms with Crippen LogP contribution in [0.3, 0.4) is 0 Å². The molecule has 0 saturated carbocycles. The van der Waals surface area contributed by atoms with Crippen LogP contribution >= 0.6 is 0 Å². The van der Waals surface area contributed by atoms with Gasteiger partial charge in [-0.15, -0.1) is 0 Å². The Morgan fingerprint density at radius 1 is 0.278 bits per heavy atom. The van der Waals surface area contributed by atoms with E-state index in [1.807, 2.05) is 0 Å². The Morgan fingerprint density at radius 2 is 0.500 bits per heavy atom. The van der Waals surface area contributed by atoms with E-state index in [1.54, 1.807) is 55.3 Å². The predicted molar refractivity (Wildman–Crippen MR) is 73.6 cm³/mol. The number of rotatable bonds is 0. The minimum atomic E-state index is 1.35. The molecule has 6 rings (SSSR count). The Morgan fingerprint density at radius 3 is 0.722 bits per heavy atom. The molecule has 4 aliphatic carbocycles. The zero-order valence-electron chi connectivity index (χ0n) is 10.7. The van der Waals surface area contributed by atoms with E-state index in [4.69, 9.17) is 0 Å². The molecular weight excluding hydrogens is 216 g/mol. The maximum absolute atomic E-state index is 1.78. The van der Waals surface area contributed by atoms with Gasteiger partial charge in [-0.1, -0.05) is 0 Å². The molecule has 0 spiro atoms. The summed E-state index contributed by atoms with van der Waals surface area (Å²) < 4.78 is 0. The molecule has 0 aromatic heterocycles. The second kappa shape index (κ2) is 2.52. The van der Waals surface area contributed by atoms with Gasteiger partial charge in [0.15, 0.2) is 0 Å². The molecular formula is C18H16. The zero-order chi connectivity index (χ0) is 11.4. The van der Waals surface area contributed by atoms with E-state index in [0.29, 0.717) is 0 Å². The van der Waals surface area contributed by atoms with Crippen LogP contribution in [0.1, 0.15) is 44.5 Å². The van der Waals surface area contributed by atoms with E-state index in [2.05, 4.69) is 0 Å². The van der Waals surface area contributed by atoms with E-state index in [9.17, 15) is 0 Å². The lowest BCUT2D eigenvalue weighted by molar-refractivity contribution is 0.780. The molecule has 2 aromatic rings. The molecule has 0 N–H and O–H groups in total. The first-order valence-electron chi connectivity index (χ1n) is 7.58. The van der Waals surface area contributed by atoms with Crippen LogP contribution in [0.15, 0.2) is 0 Å². The van der Waals surface area contributed by atoms with Gasteiger partial charge in [0.25, 0.3) is 0 Å². The van der Waals surface area contributed by atoms with E-state index in [1.165, 1.54) is 51.4 Å². The van der Waals surface area contributed by atoms with E-state index >= 15 is 0 Å². The van der Waals surface area contributed by atoms with Crippen LogP contribution in [0.4, 0.5) is 0 Å². The van der Waals surface area contributed by atoms with Gasteiger partial charge in [0.05, 0.1) is 0 Å². The zero-order valence-corrected chi connectivity index (χ0v) is 10.7. The Hall–Kier alpha value is -1.30. The fraction of sp³-hybridized carbons (Fsp3) is 0.444. The van der Waals surface area contributed by atoms with E-state index in [-0.39, 0.29) is 0 Å². The van der Waals surface area contributed by atoms with Crippen LogP contribution in [0.25, 0.3) is 10.8 Å². The smallest absolute Gasteiger partial charge is 0.0108 e. The minimum Gasteiger partial charge on any atom is -0.0403 e. The van der Waals surface area contributed by atoms with Crippen molar-refractivity contribution in [2.24, 2.45) is 0 Å². The Kier molecular flexibility index (Phi) is 1.22. The third-order valence-corrected chi connectivity index (χ3v) is 6.14. The molecule has 0 radical (unpaired) electrons. The molecule has 0 heterocycles. The summed E-state index contributed by atoms with van der Waals surface area (Å²) in [5.74, 6) is 0. The highest BCUT2D eigenvalue weighted by atomic mass is 14.4. The van der Waals surface area contributed by atoms with Crippen molar-refractivity contribution in [3.05, 3.63) is 44.5 Å². The minimum absolute atomic E-state index is 1.35. The van der Waals surface area contributed by atoms with E-state index < -0.39 is 0 Å². The van der Waals surface area contributed by atoms with Crippen LogP contribution in [0.2, 0.25) is 0 Å². The molecule has 0 amide bonds. The molecule has 4 aliphatic rings. The summed E-state index contributed by atoms with van der Waals surface area (Å²) in [6, 6.07) is 0. The highest BCUT2D eigenvalue weighted by molar-refractivity contribution is 6.01. The van der Waals surface area contributed by atoms with Crippen LogP contribution in [-0.4, -0.2) is 0 Å². The third-order valence-electron chi connectivity index (χ3n) is 6.14. The van der Waals surface area contributed by atoms with Crippen molar-refractivity contribution in [1.82, 2.24) is 0 Å². The topological polar surface area (TPSA) is 0 Å². The monoisotopic (exact) mass is 232 g/mol. The van der Waals surface area contributed by atoms with E-state index in [0.717, 1.165) is 0 Å². The summed E-state index contributed by atoms with van der Waals surface area (Å²) in [6.45, 7) is 0. The molecule has 18 heavy (non-hydrogen) atoms. The van der Waals surface area contributed by atoms with Crippen molar-refractivity contribution in [1.29, 1.82) is 0 Å². The molecule has 0 bridgehead atoms. The van der Waals surface area contributed by atoms with Gasteiger partial charge in [0.1, 0.15) is 0 Å². The van der Waals surface area contributed by atoms with Gasteiger partial charge in [-0.2, -0.15) is 0 Å². The number of hydrogen-bond donors (Lipinski definition) is 0. The summed E-state index contributed by atoms with van der Waals surface area (Å²) in [5.41, 5.74) is 14.2. The molecule has 0 atom stereocenters. The van der Waals surface area contributed by atoms with Crippen LogP contribution in [-0.2, 0) is 51.4 Å². The molecule has 0 nitrogen and oxygen atoms in total. The standard InChI is InChI=1S/C18H16/c1-2-10-9(1)13-5-6-15-11-3-4-12(11)16-8-7-14(10)18(16)17(13)15/h1-8H2. The number of fused-ring (bicyclic) bond motifs is 6. The van der Waals surface area contributed by atoms with Crippen LogP contribution in [0.5, 0.6) is 0 Å². The van der Waals surface area contributed by atoms with Crippen molar-refractivity contribution in [3.8, 4) is 0 Å². The fourth-order valence-corrected chi connectivity index (χ4v) is 5.26. The predicted octanol–water partition coefficient (Wildman–Crippen LogP) is 3.23. The van der Waals surface area contributed by atoms with Crippen molar-refractivity contribution in [2.75, 3.05) is 0 Å². The largest absolute Gasteiger partial charge is 0.0403 e. The second-order valence-electron chi connectivity index (χ2n) is 6.58. The van der Waals surface area contributed by atoms with Gasteiger partial charge in [-0.3, -0.25) is 0 Å². The first-order chi connectivity index (χ1) is 8.93. The van der Waals surface area contributed by atoms with Gasteiger partial charge in [-0.25, -0.2) is 0 Å². The molecule has 0 saturated heterocycles. The lowest BCUT2D eigenvalue weighted by Gasteiger charge is -2.29. The summed E-state index contributed by atoms with van der Waals surface area (Å²) in [6.07, 6.45) is 10.9. The quantitative estimate of drug-likeness (QED) is 0.654. The van der Waals surface area contributed by atoms with Crippen molar-refractivity contribution in [2.45, 2.75) is 51.4 Å². The Labute approximate surface area is 107 Å². The van der Waals surface area contributed by atoms with Gasteiger partial charge in [0, 0.05) is 0 Å². The molecule has 88 valence electrons. The average molecular weight is 232 g/mol. The second-order valence-corrected chi connectivity index (χ2v) is 6.58. The average Bonchev–Trinajstić information content (AvgIpc) is 2.82. The number of benzene rings is 2. The first-order valence-corrected chi connectivity index (χ1v) is 7.58.